The molecule has 3 rings (SSSR count). The summed E-state index contributed by atoms with van der Waals surface area (Å²) in [4.78, 5) is 25.1. The van der Waals surface area contributed by atoms with E-state index in [0.717, 1.165) is 4.90 Å². The molecule has 34 heavy (non-hydrogen) atoms. The Kier molecular flexibility index (Phi) is 7.29. The van der Waals surface area contributed by atoms with Gasteiger partial charge in [-0.3, -0.25) is 9.48 Å². The van der Waals surface area contributed by atoms with Crippen LogP contribution in [-0.4, -0.2) is 52.6 Å². The van der Waals surface area contributed by atoms with E-state index >= 15 is 0 Å². The number of carbonyl (C=O) groups excluding carboxylic acids is 2. The van der Waals surface area contributed by atoms with Crippen LogP contribution in [0.25, 0.3) is 0 Å². The molecule has 0 unspecified atom stereocenters. The van der Waals surface area contributed by atoms with E-state index in [4.69, 9.17) is 5.73 Å². The standard InChI is InChI=1S/C21H22F4N6O3/c22-14-1-3-15(4-2-14)28-11-17-16(18(27)32)12-31(29-17)20(5-8-26)6-9-30(10-7-20)19(33)34-13-21(23,24)25/h1-4,12,28H,5-7,9-11,13H2,(H2,27,32). The van der Waals surface area contributed by atoms with Gasteiger partial charge in [0.15, 0.2) is 6.61 Å². The number of halogens is 4. The van der Waals surface area contributed by atoms with Crippen LogP contribution in [0.5, 0.6) is 0 Å². The average molecular weight is 482 g/mol. The number of hydrogen-bond acceptors (Lipinski definition) is 6. The molecule has 1 aliphatic rings. The molecular formula is C21H22F4N6O3. The number of rotatable bonds is 7. The van der Waals surface area contributed by atoms with Crippen LogP contribution in [0.2, 0.25) is 0 Å². The summed E-state index contributed by atoms with van der Waals surface area (Å²) in [5.74, 6) is -1.14. The highest BCUT2D eigenvalue weighted by atomic mass is 19.4. The summed E-state index contributed by atoms with van der Waals surface area (Å²) in [6.45, 7) is -1.52. The highest BCUT2D eigenvalue weighted by Crippen LogP contribution is 2.34. The molecule has 13 heteroatoms. The van der Waals surface area contributed by atoms with Gasteiger partial charge in [0.25, 0.3) is 5.91 Å². The van der Waals surface area contributed by atoms with Crippen LogP contribution >= 0.6 is 0 Å². The zero-order valence-corrected chi connectivity index (χ0v) is 17.9. The van der Waals surface area contributed by atoms with Crippen molar-refractivity contribution in [2.75, 3.05) is 25.0 Å². The van der Waals surface area contributed by atoms with Crippen molar-refractivity contribution in [1.29, 1.82) is 5.26 Å². The van der Waals surface area contributed by atoms with Crippen LogP contribution in [0, 0.1) is 17.1 Å². The van der Waals surface area contributed by atoms with E-state index in [0.29, 0.717) is 11.4 Å². The summed E-state index contributed by atoms with van der Waals surface area (Å²) in [6.07, 6.45) is -3.90. The van der Waals surface area contributed by atoms with Gasteiger partial charge in [-0.15, -0.1) is 0 Å². The number of carbonyl (C=O) groups is 2. The summed E-state index contributed by atoms with van der Waals surface area (Å²) in [5.41, 5.74) is 5.62. The third-order valence-electron chi connectivity index (χ3n) is 5.57. The lowest BCUT2D eigenvalue weighted by atomic mass is 9.85. The monoisotopic (exact) mass is 482 g/mol. The van der Waals surface area contributed by atoms with Crippen LogP contribution in [0.15, 0.2) is 30.5 Å². The maximum Gasteiger partial charge on any atom is 0.422 e. The first kappa shape index (κ1) is 24.8. The average Bonchev–Trinajstić information content (AvgIpc) is 3.23. The lowest BCUT2D eigenvalue weighted by molar-refractivity contribution is -0.162. The maximum atomic E-state index is 13.1. The van der Waals surface area contributed by atoms with E-state index in [1.807, 2.05) is 0 Å². The Hall–Kier alpha value is -3.82. The molecule has 2 amide bonds. The molecule has 1 aromatic heterocycles. The fourth-order valence-corrected chi connectivity index (χ4v) is 3.72. The summed E-state index contributed by atoms with van der Waals surface area (Å²) in [7, 11) is 0. The van der Waals surface area contributed by atoms with Gasteiger partial charge in [-0.05, 0) is 37.1 Å². The number of benzene rings is 1. The zero-order chi connectivity index (χ0) is 24.9. The largest absolute Gasteiger partial charge is 0.440 e. The second-order valence-electron chi connectivity index (χ2n) is 7.87. The van der Waals surface area contributed by atoms with Gasteiger partial charge < -0.3 is 20.7 Å². The number of aromatic nitrogens is 2. The molecule has 0 aliphatic carbocycles. The van der Waals surface area contributed by atoms with Crippen LogP contribution in [0.1, 0.15) is 35.3 Å². The van der Waals surface area contributed by atoms with Crippen molar-refractivity contribution in [3.63, 3.8) is 0 Å². The maximum absolute atomic E-state index is 13.1. The molecule has 182 valence electrons. The Labute approximate surface area is 192 Å². The molecule has 0 atom stereocenters. The van der Waals surface area contributed by atoms with Crippen LogP contribution in [0.3, 0.4) is 0 Å². The first-order chi connectivity index (χ1) is 16.0. The van der Waals surface area contributed by atoms with Crippen molar-refractivity contribution < 1.29 is 31.9 Å². The van der Waals surface area contributed by atoms with Gasteiger partial charge in [0.05, 0.1) is 35.8 Å². The molecule has 1 fully saturated rings. The minimum atomic E-state index is -4.63. The van der Waals surface area contributed by atoms with Crippen LogP contribution in [-0.2, 0) is 16.8 Å². The Morgan fingerprint density at radius 2 is 1.88 bits per heavy atom. The van der Waals surface area contributed by atoms with Gasteiger partial charge in [-0.2, -0.15) is 23.5 Å². The molecule has 0 bridgehead atoms. The Morgan fingerprint density at radius 1 is 1.24 bits per heavy atom. The number of piperidine rings is 1. The highest BCUT2D eigenvalue weighted by molar-refractivity contribution is 5.93. The number of nitriles is 1. The normalized spacial score (nSPS) is 15.4. The number of hydrogen-bond donors (Lipinski definition) is 2. The number of alkyl halides is 3. The third-order valence-corrected chi connectivity index (χ3v) is 5.57. The molecule has 1 saturated heterocycles. The quantitative estimate of drug-likeness (QED) is 0.584. The molecular weight excluding hydrogens is 460 g/mol. The van der Waals surface area contributed by atoms with E-state index in [2.05, 4.69) is 21.2 Å². The SMILES string of the molecule is N#CCC1(n2cc(C(N)=O)c(CNc3ccc(F)cc3)n2)CCN(C(=O)OCC(F)(F)F)CC1. The third kappa shape index (κ3) is 5.94. The molecule has 0 saturated carbocycles. The molecule has 2 aromatic rings. The first-order valence-corrected chi connectivity index (χ1v) is 10.3. The number of anilines is 1. The number of nitrogens with one attached hydrogen (secondary N) is 1. The Morgan fingerprint density at radius 3 is 2.44 bits per heavy atom. The fourth-order valence-electron chi connectivity index (χ4n) is 3.72. The minimum Gasteiger partial charge on any atom is -0.440 e. The van der Waals surface area contributed by atoms with Crippen molar-refractivity contribution in [3.05, 3.63) is 47.5 Å². The van der Waals surface area contributed by atoms with Gasteiger partial charge >= 0.3 is 12.3 Å². The van der Waals surface area contributed by atoms with Crippen molar-refractivity contribution in [2.24, 2.45) is 5.73 Å². The van der Waals surface area contributed by atoms with Gasteiger partial charge in [0.1, 0.15) is 5.82 Å². The van der Waals surface area contributed by atoms with E-state index in [1.165, 1.54) is 35.1 Å². The first-order valence-electron chi connectivity index (χ1n) is 10.3. The zero-order valence-electron chi connectivity index (χ0n) is 17.9. The lowest BCUT2D eigenvalue weighted by Crippen LogP contribution is -2.48. The number of nitrogens with zero attached hydrogens (tertiary/aromatic N) is 4. The van der Waals surface area contributed by atoms with E-state index in [-0.39, 0.29) is 44.5 Å². The summed E-state index contributed by atoms with van der Waals surface area (Å²) < 4.78 is 55.8. The number of ether oxygens (including phenoxy) is 1. The van der Waals surface area contributed by atoms with Crippen LogP contribution < -0.4 is 11.1 Å². The summed E-state index contributed by atoms with van der Waals surface area (Å²) >= 11 is 0. The summed E-state index contributed by atoms with van der Waals surface area (Å²) in [5, 5.41) is 16.9. The van der Waals surface area contributed by atoms with Crippen molar-refractivity contribution in [3.8, 4) is 6.07 Å². The van der Waals surface area contributed by atoms with E-state index in [9.17, 15) is 32.4 Å². The topological polar surface area (TPSA) is 126 Å². The van der Waals surface area contributed by atoms with Crippen molar-refractivity contribution >= 4 is 17.7 Å². The molecule has 1 aliphatic heterocycles. The lowest BCUT2D eigenvalue weighted by Gasteiger charge is -2.40. The second-order valence-corrected chi connectivity index (χ2v) is 7.87. The Bertz CT molecular complexity index is 1070. The fraction of sp³-hybridized carbons (Fsp3) is 0.429. The highest BCUT2D eigenvalue weighted by Gasteiger charge is 2.40. The van der Waals surface area contributed by atoms with Gasteiger partial charge in [0.2, 0.25) is 0 Å². The molecule has 0 radical (unpaired) electrons. The number of primary amides is 1. The molecule has 0 spiro atoms. The Balaban J connectivity index is 1.76. The van der Waals surface area contributed by atoms with Gasteiger partial charge in [0, 0.05) is 25.0 Å². The number of nitrogens with two attached hydrogens (primary N) is 1. The van der Waals surface area contributed by atoms with Crippen molar-refractivity contribution in [1.82, 2.24) is 14.7 Å². The molecule has 9 nitrogen and oxygen atoms in total. The molecule has 3 N–H and O–H groups in total. The minimum absolute atomic E-state index is 0.0108. The van der Waals surface area contributed by atoms with E-state index < -0.39 is 36.1 Å². The molecule has 2 heterocycles. The van der Waals surface area contributed by atoms with Crippen molar-refractivity contribution in [2.45, 2.75) is 37.5 Å². The predicted octanol–water partition coefficient (Wildman–Crippen LogP) is 3.14. The predicted molar refractivity (Wildman–Crippen MR) is 111 cm³/mol. The number of likely N-dealkylation sites (tertiary alicyclic amines) is 1. The summed E-state index contributed by atoms with van der Waals surface area (Å²) in [6, 6.07) is 7.64. The van der Waals surface area contributed by atoms with E-state index in [1.54, 1.807) is 0 Å². The molecule has 1 aromatic carbocycles. The van der Waals surface area contributed by atoms with Gasteiger partial charge in [-0.25, -0.2) is 9.18 Å². The number of amides is 2. The smallest absolute Gasteiger partial charge is 0.422 e. The van der Waals surface area contributed by atoms with Crippen LogP contribution in [0.4, 0.5) is 28.0 Å². The van der Waals surface area contributed by atoms with Gasteiger partial charge in [-0.1, -0.05) is 0 Å². The second kappa shape index (κ2) is 9.98.